The fourth-order valence-electron chi connectivity index (χ4n) is 2.74. The molecule has 2 aromatic rings. The van der Waals surface area contributed by atoms with Gasteiger partial charge < -0.3 is 19.7 Å². The highest BCUT2D eigenvalue weighted by Gasteiger charge is 2.27. The van der Waals surface area contributed by atoms with Crippen LogP contribution in [0.25, 0.3) is 0 Å². The van der Waals surface area contributed by atoms with Gasteiger partial charge >= 0.3 is 0 Å². The number of benzene rings is 1. The number of nitrogens with one attached hydrogen (secondary N) is 1. The van der Waals surface area contributed by atoms with Crippen molar-refractivity contribution < 1.29 is 18.5 Å². The standard InChI is InChI=1S/C19H24N6O4S.2C2H6.C2H2/c1-11(2)12-8-13(29-10-12)9-21-17-18(23-30(28)22-17)25(20)15-7-5-6-14(16(15)26)19(27)24(3)4;3*1-2/h5-8,10-11,26H,9,20H2,1-4H3,(H,21,22);2*1-2H3;1-2H. The van der Waals surface area contributed by atoms with Crippen LogP contribution in [0, 0.1) is 12.8 Å². The van der Waals surface area contributed by atoms with Crippen molar-refractivity contribution in [3.63, 3.8) is 0 Å². The highest BCUT2D eigenvalue weighted by Crippen LogP contribution is 2.31. The van der Waals surface area contributed by atoms with Gasteiger partial charge in [0.05, 0.1) is 18.4 Å². The lowest BCUT2D eigenvalue weighted by Crippen LogP contribution is -2.46. The monoisotopic (exact) mass is 518 g/mol. The third-order valence-corrected chi connectivity index (χ3v) is 5.12. The van der Waals surface area contributed by atoms with Crippen molar-refractivity contribution in [1.29, 1.82) is 0 Å². The van der Waals surface area contributed by atoms with Crippen LogP contribution < -0.4 is 16.2 Å². The van der Waals surface area contributed by atoms with Crippen molar-refractivity contribution in [3.05, 3.63) is 47.4 Å². The molecule has 1 aromatic heterocycles. The van der Waals surface area contributed by atoms with E-state index in [-0.39, 0.29) is 41.1 Å². The van der Waals surface area contributed by atoms with Crippen molar-refractivity contribution in [2.24, 2.45) is 14.6 Å². The molecule has 4 N–H and O–H groups in total. The van der Waals surface area contributed by atoms with Crippen LogP contribution in [0.1, 0.15) is 69.1 Å². The summed E-state index contributed by atoms with van der Waals surface area (Å²) in [5, 5.41) is 14.6. The van der Waals surface area contributed by atoms with Gasteiger partial charge in [-0.05, 0) is 29.7 Å². The molecule has 0 saturated heterocycles. The molecule has 1 aliphatic rings. The van der Waals surface area contributed by atoms with Gasteiger partial charge in [0.2, 0.25) is 5.84 Å². The Hall–Kier alpha value is -3.62. The first-order valence-corrected chi connectivity index (χ1v) is 12.6. The molecule has 1 unspecified atom stereocenters. The maximum atomic E-state index is 12.3. The van der Waals surface area contributed by atoms with Crippen LogP contribution in [0.3, 0.4) is 0 Å². The molecule has 1 aromatic carbocycles. The molecule has 0 radical (unpaired) electrons. The summed E-state index contributed by atoms with van der Waals surface area (Å²) in [6.07, 6.45) is 9.69. The highest BCUT2D eigenvalue weighted by molar-refractivity contribution is 7.83. The molecule has 0 bridgehead atoms. The van der Waals surface area contributed by atoms with Gasteiger partial charge in [-0.2, -0.15) is 0 Å². The smallest absolute Gasteiger partial charge is 0.269 e. The zero-order valence-electron chi connectivity index (χ0n) is 22.3. The normalized spacial score (nSPS) is 13.5. The molecule has 1 atom stereocenters. The average Bonchev–Trinajstić information content (AvgIpc) is 3.52. The predicted molar refractivity (Wildman–Crippen MR) is 148 cm³/mol. The van der Waals surface area contributed by atoms with E-state index in [0.29, 0.717) is 11.7 Å². The molecule has 2 heterocycles. The quantitative estimate of drug-likeness (QED) is 0.309. The Kier molecular flexibility index (Phi) is 14.5. The molecule has 1 amide bonds. The Morgan fingerprint density at radius 2 is 1.81 bits per heavy atom. The SMILES string of the molecule is C#C.CC.CC.CC(C)c1coc(CNC2=NS(=O)N=C2N(N)c2cccc(C(=O)N(C)C)c2O)c1. The lowest BCUT2D eigenvalue weighted by molar-refractivity contribution is 0.0824. The average molecular weight is 519 g/mol. The van der Waals surface area contributed by atoms with E-state index in [4.69, 9.17) is 10.3 Å². The van der Waals surface area contributed by atoms with E-state index in [1.165, 1.54) is 17.0 Å². The summed E-state index contributed by atoms with van der Waals surface area (Å²) < 4.78 is 25.3. The Balaban J connectivity index is 0.00000190. The largest absolute Gasteiger partial charge is 0.505 e. The van der Waals surface area contributed by atoms with Gasteiger partial charge in [-0.3, -0.25) is 9.80 Å². The number of hydrogen-bond acceptors (Lipinski definition) is 7. The Morgan fingerprint density at radius 1 is 1.19 bits per heavy atom. The Morgan fingerprint density at radius 3 is 2.33 bits per heavy atom. The van der Waals surface area contributed by atoms with Gasteiger partial charge in [-0.1, -0.05) is 47.6 Å². The number of furan rings is 1. The van der Waals surface area contributed by atoms with Crippen LogP contribution >= 0.6 is 0 Å². The number of amides is 1. The molecule has 0 saturated carbocycles. The highest BCUT2D eigenvalue weighted by atomic mass is 32.2. The zero-order valence-corrected chi connectivity index (χ0v) is 23.1. The number of rotatable bonds is 5. The van der Waals surface area contributed by atoms with E-state index in [1.807, 2.05) is 33.8 Å². The van der Waals surface area contributed by atoms with Crippen LogP contribution in [0.2, 0.25) is 0 Å². The maximum Gasteiger partial charge on any atom is 0.269 e. The van der Waals surface area contributed by atoms with Crippen LogP contribution in [0.5, 0.6) is 5.75 Å². The number of phenolic OH excluding ortho intramolecular Hbond substituents is 1. The number of carbonyl (C=O) groups excluding carboxylic acids is 1. The third kappa shape index (κ3) is 8.25. The van der Waals surface area contributed by atoms with Gasteiger partial charge in [0, 0.05) is 14.1 Å². The van der Waals surface area contributed by atoms with Crippen molar-refractivity contribution in [1.82, 2.24) is 10.2 Å². The van der Waals surface area contributed by atoms with Crippen molar-refractivity contribution in [3.8, 4) is 18.6 Å². The molecule has 36 heavy (non-hydrogen) atoms. The Labute approximate surface area is 217 Å². The number of amidine groups is 2. The van der Waals surface area contributed by atoms with E-state index < -0.39 is 11.2 Å². The minimum absolute atomic E-state index is 0.0636. The van der Waals surface area contributed by atoms with Crippen LogP contribution in [-0.4, -0.2) is 45.9 Å². The maximum absolute atomic E-state index is 12.3. The number of para-hydroxylation sites is 1. The minimum Gasteiger partial charge on any atom is -0.505 e. The van der Waals surface area contributed by atoms with E-state index in [2.05, 4.69) is 40.8 Å². The number of aromatic hydroxyl groups is 1. The topological polar surface area (TPSA) is 137 Å². The predicted octanol–water partition coefficient (Wildman–Crippen LogP) is 3.97. The minimum atomic E-state index is -1.86. The molecule has 3 rings (SSSR count). The summed E-state index contributed by atoms with van der Waals surface area (Å²) in [7, 11) is 3.15. The summed E-state index contributed by atoms with van der Waals surface area (Å²) in [5.74, 6) is 6.70. The fraction of sp³-hybridized carbons (Fsp3) is 0.400. The second-order valence-corrected chi connectivity index (χ2v) is 8.01. The molecule has 0 spiro atoms. The summed E-state index contributed by atoms with van der Waals surface area (Å²) in [6, 6.07) is 6.51. The number of phenols is 1. The van der Waals surface area contributed by atoms with Crippen LogP contribution in [0.4, 0.5) is 5.69 Å². The van der Waals surface area contributed by atoms with Gasteiger partial charge in [0.15, 0.2) is 11.6 Å². The first-order valence-electron chi connectivity index (χ1n) is 11.5. The summed E-state index contributed by atoms with van der Waals surface area (Å²) >= 11 is -1.86. The van der Waals surface area contributed by atoms with Gasteiger partial charge in [-0.25, -0.2) is 10.1 Å². The second-order valence-electron chi connectivity index (χ2n) is 7.18. The number of nitrogens with zero attached hydrogens (tertiary/aromatic N) is 4. The van der Waals surface area contributed by atoms with Crippen molar-refractivity contribution >= 4 is 34.4 Å². The van der Waals surface area contributed by atoms with Gasteiger partial charge in [0.25, 0.3) is 17.1 Å². The molecular formula is C25H38N6O4S. The first-order chi connectivity index (χ1) is 17.2. The molecular weight excluding hydrogens is 480 g/mol. The Bertz CT molecular complexity index is 1090. The number of terminal acetylenes is 1. The third-order valence-electron chi connectivity index (χ3n) is 4.46. The van der Waals surface area contributed by atoms with E-state index in [9.17, 15) is 14.1 Å². The lowest BCUT2D eigenvalue weighted by atomic mass is 10.1. The second kappa shape index (κ2) is 16.1. The van der Waals surface area contributed by atoms with Gasteiger partial charge in [-0.15, -0.1) is 21.6 Å². The molecule has 10 nitrogen and oxygen atoms in total. The van der Waals surface area contributed by atoms with Gasteiger partial charge in [0.1, 0.15) is 11.4 Å². The van der Waals surface area contributed by atoms with Crippen molar-refractivity contribution in [2.45, 2.75) is 54.0 Å². The summed E-state index contributed by atoms with van der Waals surface area (Å²) in [4.78, 5) is 13.6. The van der Waals surface area contributed by atoms with Crippen molar-refractivity contribution in [2.75, 3.05) is 19.1 Å². The molecule has 1 aliphatic heterocycles. The fourth-order valence-corrected chi connectivity index (χ4v) is 3.41. The van der Waals surface area contributed by atoms with Crippen LogP contribution in [-0.2, 0) is 17.7 Å². The zero-order chi connectivity index (χ0) is 28.0. The molecule has 11 heteroatoms. The van der Waals surface area contributed by atoms with Crippen LogP contribution in [0.15, 0.2) is 43.7 Å². The van der Waals surface area contributed by atoms with E-state index in [0.717, 1.165) is 10.6 Å². The lowest BCUT2D eigenvalue weighted by Gasteiger charge is -2.22. The first kappa shape index (κ1) is 32.4. The molecule has 198 valence electrons. The number of anilines is 1. The number of nitrogens with two attached hydrogens (primary N) is 1. The van der Waals surface area contributed by atoms with E-state index in [1.54, 1.807) is 26.4 Å². The molecule has 0 aliphatic carbocycles. The summed E-state index contributed by atoms with van der Waals surface area (Å²) in [6.45, 7) is 12.4. The van der Waals surface area contributed by atoms with E-state index >= 15 is 0 Å². The molecule has 0 fully saturated rings. The number of carbonyl (C=O) groups is 1. The number of hydrazine groups is 1. The summed E-state index contributed by atoms with van der Waals surface area (Å²) in [5.41, 5.74) is 1.26. The number of hydrogen-bond donors (Lipinski definition) is 3.